The van der Waals surface area contributed by atoms with E-state index in [0.717, 1.165) is 25.7 Å². The van der Waals surface area contributed by atoms with Gasteiger partial charge in [-0.1, -0.05) is 26.2 Å². The highest BCUT2D eigenvalue weighted by Gasteiger charge is 2.80. The Kier molecular flexibility index (Phi) is 5.37. The first-order valence-electron chi connectivity index (χ1n) is 11.4. The molecule has 4 fully saturated rings. The third kappa shape index (κ3) is 2.83. The van der Waals surface area contributed by atoms with Crippen LogP contribution in [0.3, 0.4) is 0 Å². The molecule has 168 valence electrons. The van der Waals surface area contributed by atoms with E-state index in [0.29, 0.717) is 6.42 Å². The molecule has 0 radical (unpaired) electrons. The number of carbonyl (C=O) groups excluding carboxylic acids is 3. The minimum Gasteiger partial charge on any atom is -0.394 e. The van der Waals surface area contributed by atoms with Crippen molar-refractivity contribution in [1.29, 1.82) is 0 Å². The van der Waals surface area contributed by atoms with Crippen molar-refractivity contribution >= 4 is 17.7 Å². The number of nitrogens with zero attached hydrogens (tertiary/aromatic N) is 1. The van der Waals surface area contributed by atoms with Crippen LogP contribution < -0.4 is 10.6 Å². The molecule has 3 saturated heterocycles. The lowest BCUT2D eigenvalue weighted by molar-refractivity contribution is -0.150. The second-order valence-corrected chi connectivity index (χ2v) is 9.94. The lowest BCUT2D eigenvalue weighted by Crippen LogP contribution is -2.59. The summed E-state index contributed by atoms with van der Waals surface area (Å²) in [7, 11) is 1.57. The van der Waals surface area contributed by atoms with E-state index in [1.54, 1.807) is 14.0 Å². The van der Waals surface area contributed by atoms with Crippen molar-refractivity contribution < 1.29 is 24.2 Å². The molecule has 2 bridgehead atoms. The normalized spacial score (nSPS) is 41.6. The number of fused-ring (bicyclic) bond motifs is 1. The van der Waals surface area contributed by atoms with E-state index in [-0.39, 0.29) is 36.3 Å². The molecule has 4 rings (SSSR count). The molecule has 3 heterocycles. The van der Waals surface area contributed by atoms with E-state index >= 15 is 0 Å². The average molecular weight is 422 g/mol. The Labute approximate surface area is 178 Å². The minimum atomic E-state index is -1.04. The third-order valence-electron chi connectivity index (χ3n) is 8.22. The van der Waals surface area contributed by atoms with Gasteiger partial charge in [-0.25, -0.2) is 0 Å². The van der Waals surface area contributed by atoms with Crippen molar-refractivity contribution in [3.63, 3.8) is 0 Å². The molecule has 0 aromatic rings. The summed E-state index contributed by atoms with van der Waals surface area (Å²) in [6, 6.07) is -1.27. The maximum atomic E-state index is 13.6. The Bertz CT molecular complexity index is 738. The summed E-state index contributed by atoms with van der Waals surface area (Å²) in [4.78, 5) is 41.6. The number of rotatable bonds is 5. The first kappa shape index (κ1) is 21.6. The van der Waals surface area contributed by atoms with Gasteiger partial charge in [0.2, 0.25) is 17.7 Å². The zero-order chi connectivity index (χ0) is 21.8. The SMILES string of the molecule is CNC(=O)[C@@H]1[C@H]2C(=O)N([C@H](C)CO)C(C(=O)NC3CCCCC3)C23CC(C)[C@@]1(C)O3. The number of nitrogens with one attached hydrogen (secondary N) is 2. The van der Waals surface area contributed by atoms with E-state index in [2.05, 4.69) is 10.6 Å². The molecule has 0 aromatic carbocycles. The van der Waals surface area contributed by atoms with Gasteiger partial charge < -0.3 is 25.4 Å². The molecule has 30 heavy (non-hydrogen) atoms. The van der Waals surface area contributed by atoms with E-state index in [1.807, 2.05) is 13.8 Å². The molecule has 8 heteroatoms. The Morgan fingerprint density at radius 3 is 2.53 bits per heavy atom. The van der Waals surface area contributed by atoms with Gasteiger partial charge in [0.1, 0.15) is 11.6 Å². The van der Waals surface area contributed by atoms with Gasteiger partial charge in [0.15, 0.2) is 0 Å². The van der Waals surface area contributed by atoms with Gasteiger partial charge in [0.25, 0.3) is 0 Å². The van der Waals surface area contributed by atoms with Crippen molar-refractivity contribution in [3.8, 4) is 0 Å². The maximum Gasteiger partial charge on any atom is 0.246 e. The Morgan fingerprint density at radius 1 is 1.27 bits per heavy atom. The van der Waals surface area contributed by atoms with E-state index in [4.69, 9.17) is 4.74 Å². The van der Waals surface area contributed by atoms with Gasteiger partial charge in [-0.3, -0.25) is 14.4 Å². The fourth-order valence-corrected chi connectivity index (χ4v) is 6.62. The van der Waals surface area contributed by atoms with Crippen LogP contribution in [0.2, 0.25) is 0 Å². The van der Waals surface area contributed by atoms with Crippen LogP contribution in [0.15, 0.2) is 0 Å². The Balaban J connectivity index is 1.74. The molecule has 1 saturated carbocycles. The lowest BCUT2D eigenvalue weighted by Gasteiger charge is -2.37. The van der Waals surface area contributed by atoms with Crippen LogP contribution >= 0.6 is 0 Å². The third-order valence-corrected chi connectivity index (χ3v) is 8.22. The molecular formula is C22H35N3O5. The summed E-state index contributed by atoms with van der Waals surface area (Å²) >= 11 is 0. The van der Waals surface area contributed by atoms with Crippen LogP contribution in [-0.2, 0) is 19.1 Å². The lowest BCUT2D eigenvalue weighted by atomic mass is 9.62. The molecule has 3 aliphatic heterocycles. The van der Waals surface area contributed by atoms with Crippen LogP contribution in [0.4, 0.5) is 0 Å². The summed E-state index contributed by atoms with van der Waals surface area (Å²) in [5, 5.41) is 15.7. The molecule has 4 aliphatic rings. The molecule has 8 nitrogen and oxygen atoms in total. The van der Waals surface area contributed by atoms with Crippen molar-refractivity contribution in [2.75, 3.05) is 13.7 Å². The van der Waals surface area contributed by atoms with Crippen LogP contribution in [0.1, 0.15) is 59.3 Å². The van der Waals surface area contributed by atoms with Crippen molar-refractivity contribution in [1.82, 2.24) is 15.5 Å². The highest BCUT2D eigenvalue weighted by atomic mass is 16.5. The Morgan fingerprint density at radius 2 is 1.93 bits per heavy atom. The van der Waals surface area contributed by atoms with Crippen LogP contribution in [-0.4, -0.2) is 70.7 Å². The number of aliphatic hydroxyl groups is 1. The highest BCUT2D eigenvalue weighted by Crippen LogP contribution is 2.65. The van der Waals surface area contributed by atoms with E-state index in [1.165, 1.54) is 11.3 Å². The first-order valence-corrected chi connectivity index (χ1v) is 11.4. The zero-order valence-corrected chi connectivity index (χ0v) is 18.4. The second kappa shape index (κ2) is 7.48. The van der Waals surface area contributed by atoms with E-state index < -0.39 is 35.1 Å². The van der Waals surface area contributed by atoms with Gasteiger partial charge >= 0.3 is 0 Å². The molecule has 1 spiro atoms. The fraction of sp³-hybridized carbons (Fsp3) is 0.864. The number of carbonyl (C=O) groups is 3. The van der Waals surface area contributed by atoms with Crippen LogP contribution in [0.5, 0.6) is 0 Å². The van der Waals surface area contributed by atoms with Gasteiger partial charge in [-0.15, -0.1) is 0 Å². The average Bonchev–Trinajstić information content (AvgIpc) is 3.24. The molecular weight excluding hydrogens is 386 g/mol. The molecule has 3 unspecified atom stereocenters. The number of likely N-dealkylation sites (tertiary alicyclic amines) is 1. The minimum absolute atomic E-state index is 0.0261. The smallest absolute Gasteiger partial charge is 0.246 e. The summed E-state index contributed by atoms with van der Waals surface area (Å²) in [6.45, 7) is 5.41. The van der Waals surface area contributed by atoms with Crippen LogP contribution in [0.25, 0.3) is 0 Å². The zero-order valence-electron chi connectivity index (χ0n) is 18.4. The molecule has 7 atom stereocenters. The maximum absolute atomic E-state index is 13.6. The number of hydrogen-bond donors (Lipinski definition) is 3. The number of ether oxygens (including phenoxy) is 1. The largest absolute Gasteiger partial charge is 0.394 e. The predicted octanol–water partition coefficient (Wildman–Crippen LogP) is 0.573. The Hall–Kier alpha value is -1.67. The van der Waals surface area contributed by atoms with E-state index in [9.17, 15) is 19.5 Å². The predicted molar refractivity (Wildman–Crippen MR) is 109 cm³/mol. The van der Waals surface area contributed by atoms with Gasteiger partial charge in [-0.05, 0) is 39.0 Å². The molecule has 3 N–H and O–H groups in total. The molecule has 1 aliphatic carbocycles. The van der Waals surface area contributed by atoms with Crippen LogP contribution in [0, 0.1) is 17.8 Å². The summed E-state index contributed by atoms with van der Waals surface area (Å²) < 4.78 is 6.57. The fourth-order valence-electron chi connectivity index (χ4n) is 6.62. The summed E-state index contributed by atoms with van der Waals surface area (Å²) in [6.07, 6.45) is 5.78. The molecule has 3 amide bonds. The first-order chi connectivity index (χ1) is 14.2. The standard InChI is InChI=1S/C22H35N3O5/c1-12-10-22-16(15(18(27)23-4)21(12,3)30-22)20(29)25(13(2)11-26)17(22)19(28)24-14-8-6-5-7-9-14/h12-17,26H,5-11H2,1-4H3,(H,23,27)(H,24,28)/t12?,13-,15+,16+,17?,21-,22?/m1/s1. The quantitative estimate of drug-likeness (QED) is 0.602. The topological polar surface area (TPSA) is 108 Å². The highest BCUT2D eigenvalue weighted by molar-refractivity contribution is 5.99. The molecule has 0 aromatic heterocycles. The van der Waals surface area contributed by atoms with Crippen molar-refractivity contribution in [3.05, 3.63) is 0 Å². The van der Waals surface area contributed by atoms with Crippen molar-refractivity contribution in [2.45, 2.75) is 88.6 Å². The second-order valence-electron chi connectivity index (χ2n) is 9.94. The number of amides is 3. The van der Waals surface area contributed by atoms with Gasteiger partial charge in [0, 0.05) is 13.1 Å². The van der Waals surface area contributed by atoms with Crippen molar-refractivity contribution in [2.24, 2.45) is 17.8 Å². The summed E-state index contributed by atoms with van der Waals surface area (Å²) in [5.74, 6) is -2.04. The number of hydrogen-bond acceptors (Lipinski definition) is 5. The monoisotopic (exact) mass is 421 g/mol. The van der Waals surface area contributed by atoms with Gasteiger partial charge in [-0.2, -0.15) is 0 Å². The number of aliphatic hydroxyl groups excluding tert-OH is 1. The summed E-state index contributed by atoms with van der Waals surface area (Å²) in [5.41, 5.74) is -1.83. The van der Waals surface area contributed by atoms with Gasteiger partial charge in [0.05, 0.1) is 30.1 Å².